The Morgan fingerprint density at radius 1 is 1.10 bits per heavy atom. The highest BCUT2D eigenvalue weighted by Crippen LogP contribution is 2.37. The third kappa shape index (κ3) is 4.99. The van der Waals surface area contributed by atoms with E-state index in [1.165, 1.54) is 0 Å². The first-order valence-electron chi connectivity index (χ1n) is 10.4. The number of carbonyl (C=O) groups is 1. The highest BCUT2D eigenvalue weighted by atomic mass is 16.5. The first kappa shape index (κ1) is 22.2. The fourth-order valence-electron chi connectivity index (χ4n) is 3.37. The predicted octanol–water partition coefficient (Wildman–Crippen LogP) is 4.83. The number of ether oxygens (including phenoxy) is 2. The summed E-state index contributed by atoms with van der Waals surface area (Å²) in [6, 6.07) is 17.3. The molecule has 164 valence electrons. The van der Waals surface area contributed by atoms with Crippen LogP contribution < -0.4 is 14.8 Å². The van der Waals surface area contributed by atoms with Crippen LogP contribution in [0.3, 0.4) is 0 Å². The average molecular weight is 423 g/mol. The first-order valence-corrected chi connectivity index (χ1v) is 10.4. The molecule has 1 N–H and O–H groups in total. The van der Waals surface area contributed by atoms with Crippen LogP contribution in [0.25, 0.3) is 11.3 Å². The summed E-state index contributed by atoms with van der Waals surface area (Å²) >= 11 is 0. The summed E-state index contributed by atoms with van der Waals surface area (Å²) < 4.78 is 13.5. The van der Waals surface area contributed by atoms with Crippen molar-refractivity contribution in [1.29, 1.82) is 0 Å². The third-order valence-corrected chi connectivity index (χ3v) is 4.95. The Morgan fingerprint density at radius 3 is 2.35 bits per heavy atom. The summed E-state index contributed by atoms with van der Waals surface area (Å²) in [4.78, 5) is 14.5. The van der Waals surface area contributed by atoms with Gasteiger partial charge in [0.1, 0.15) is 5.69 Å². The molecule has 0 unspecified atom stereocenters. The van der Waals surface area contributed by atoms with E-state index in [9.17, 15) is 4.79 Å². The topological polar surface area (TPSA) is 68.6 Å². The van der Waals surface area contributed by atoms with Crippen LogP contribution in [0, 0.1) is 0 Å². The molecular weight excluding hydrogens is 392 g/mol. The smallest absolute Gasteiger partial charge is 0.317 e. The maximum atomic E-state index is 12.7. The van der Waals surface area contributed by atoms with E-state index in [1.807, 2.05) is 82.4 Å². The number of urea groups is 1. The lowest BCUT2D eigenvalue weighted by atomic mass is 10.1. The number of aryl methyl sites for hydroxylation is 1. The molecule has 7 heteroatoms. The van der Waals surface area contributed by atoms with Crippen LogP contribution in [0.2, 0.25) is 0 Å². The van der Waals surface area contributed by atoms with Crippen LogP contribution in [0.4, 0.5) is 4.79 Å². The van der Waals surface area contributed by atoms with Gasteiger partial charge in [-0.25, -0.2) is 9.48 Å². The van der Waals surface area contributed by atoms with E-state index in [-0.39, 0.29) is 12.1 Å². The Bertz CT molecular complexity index is 1010. The number of methoxy groups -OCH3 is 1. The molecule has 1 heterocycles. The molecule has 3 rings (SSSR count). The minimum Gasteiger partial charge on any atom is -0.493 e. The number of benzene rings is 2. The summed E-state index contributed by atoms with van der Waals surface area (Å²) in [5.74, 6) is 1.78. The van der Waals surface area contributed by atoms with E-state index in [0.717, 1.165) is 16.8 Å². The molecule has 0 saturated carbocycles. The maximum absolute atomic E-state index is 12.7. The number of amides is 2. The van der Waals surface area contributed by atoms with Crippen molar-refractivity contribution in [3.63, 3.8) is 0 Å². The Morgan fingerprint density at radius 2 is 1.74 bits per heavy atom. The number of nitrogens with zero attached hydrogens (tertiary/aromatic N) is 3. The monoisotopic (exact) mass is 422 g/mol. The lowest BCUT2D eigenvalue weighted by Crippen LogP contribution is -2.43. The van der Waals surface area contributed by atoms with Crippen molar-refractivity contribution in [1.82, 2.24) is 20.0 Å². The van der Waals surface area contributed by atoms with Crippen molar-refractivity contribution >= 4 is 6.03 Å². The number of aromatic nitrogens is 2. The van der Waals surface area contributed by atoms with E-state index in [2.05, 4.69) is 5.32 Å². The van der Waals surface area contributed by atoms with Gasteiger partial charge in [-0.15, -0.1) is 0 Å². The highest BCUT2D eigenvalue weighted by Gasteiger charge is 2.26. The molecule has 3 aromatic rings. The molecule has 0 spiro atoms. The number of rotatable bonds is 8. The normalized spacial score (nSPS) is 10.8. The Kier molecular flexibility index (Phi) is 7.18. The fraction of sp³-hybridized carbons (Fsp3) is 0.333. The van der Waals surface area contributed by atoms with Crippen LogP contribution in [0.15, 0.2) is 54.6 Å². The standard InChI is InChI=1S/C24H30N4O3/c1-6-25-24(29)28(17(2)3)16-19-22(18-12-8-7-9-13-18)26-27(4)23(19)31-21-15-11-10-14-20(21)30-5/h7-15,17H,6,16H2,1-5H3,(H,25,29). The summed E-state index contributed by atoms with van der Waals surface area (Å²) in [6.07, 6.45) is 0. The molecule has 0 aliphatic heterocycles. The number of hydrogen-bond acceptors (Lipinski definition) is 4. The summed E-state index contributed by atoms with van der Waals surface area (Å²) in [7, 11) is 3.45. The third-order valence-electron chi connectivity index (χ3n) is 4.95. The van der Waals surface area contributed by atoms with Crippen LogP contribution in [-0.2, 0) is 13.6 Å². The van der Waals surface area contributed by atoms with Gasteiger partial charge in [0, 0.05) is 25.2 Å². The van der Waals surface area contributed by atoms with Crippen LogP contribution >= 0.6 is 0 Å². The van der Waals surface area contributed by atoms with E-state index < -0.39 is 0 Å². The molecule has 0 saturated heterocycles. The predicted molar refractivity (Wildman–Crippen MR) is 121 cm³/mol. The zero-order valence-electron chi connectivity index (χ0n) is 18.8. The van der Waals surface area contributed by atoms with Crippen LogP contribution in [-0.4, -0.2) is 40.4 Å². The first-order chi connectivity index (χ1) is 15.0. The van der Waals surface area contributed by atoms with Gasteiger partial charge >= 0.3 is 6.03 Å². The van der Waals surface area contributed by atoms with Crippen molar-refractivity contribution < 1.29 is 14.3 Å². The van der Waals surface area contributed by atoms with Gasteiger partial charge in [-0.3, -0.25) is 0 Å². The summed E-state index contributed by atoms with van der Waals surface area (Å²) in [5, 5.41) is 7.64. The van der Waals surface area contributed by atoms with E-state index in [0.29, 0.717) is 30.5 Å². The minimum absolute atomic E-state index is 0.00510. The minimum atomic E-state index is -0.122. The molecular formula is C24H30N4O3. The second-order valence-electron chi connectivity index (χ2n) is 7.43. The molecule has 1 aromatic heterocycles. The number of para-hydroxylation sites is 2. The fourth-order valence-corrected chi connectivity index (χ4v) is 3.37. The van der Waals surface area contributed by atoms with Gasteiger partial charge in [0.25, 0.3) is 0 Å². The summed E-state index contributed by atoms with van der Waals surface area (Å²) in [6.45, 7) is 6.81. The van der Waals surface area contributed by atoms with Crippen molar-refractivity contribution in [2.75, 3.05) is 13.7 Å². The zero-order chi connectivity index (χ0) is 22.4. The summed E-state index contributed by atoms with van der Waals surface area (Å²) in [5.41, 5.74) is 2.57. The van der Waals surface area contributed by atoms with Gasteiger partial charge in [-0.05, 0) is 32.9 Å². The molecule has 7 nitrogen and oxygen atoms in total. The van der Waals surface area contributed by atoms with Gasteiger partial charge in [-0.2, -0.15) is 5.10 Å². The molecule has 0 atom stereocenters. The molecule has 31 heavy (non-hydrogen) atoms. The van der Waals surface area contributed by atoms with E-state index in [4.69, 9.17) is 14.6 Å². The molecule has 0 aliphatic rings. The highest BCUT2D eigenvalue weighted by molar-refractivity contribution is 5.75. The SMILES string of the molecule is CCNC(=O)N(Cc1c(-c2ccccc2)nn(C)c1Oc1ccccc1OC)C(C)C. The number of nitrogens with one attached hydrogen (secondary N) is 1. The van der Waals surface area contributed by atoms with Crippen molar-refractivity contribution in [2.24, 2.45) is 7.05 Å². The second-order valence-corrected chi connectivity index (χ2v) is 7.43. The molecule has 2 amide bonds. The quantitative estimate of drug-likeness (QED) is 0.565. The Balaban J connectivity index is 2.10. The largest absolute Gasteiger partial charge is 0.493 e. The molecule has 0 bridgehead atoms. The lowest BCUT2D eigenvalue weighted by Gasteiger charge is -2.27. The molecule has 0 fully saturated rings. The van der Waals surface area contributed by atoms with Gasteiger partial charge in [0.05, 0.1) is 19.2 Å². The lowest BCUT2D eigenvalue weighted by molar-refractivity contribution is 0.179. The van der Waals surface area contributed by atoms with Gasteiger partial charge < -0.3 is 19.7 Å². The van der Waals surface area contributed by atoms with Gasteiger partial charge in [0.15, 0.2) is 11.5 Å². The van der Waals surface area contributed by atoms with Crippen molar-refractivity contribution in [3.05, 3.63) is 60.2 Å². The molecule has 2 aromatic carbocycles. The average Bonchev–Trinajstić information content (AvgIpc) is 3.08. The number of hydrogen-bond donors (Lipinski definition) is 1. The van der Waals surface area contributed by atoms with Crippen molar-refractivity contribution in [3.8, 4) is 28.6 Å². The van der Waals surface area contributed by atoms with Crippen molar-refractivity contribution in [2.45, 2.75) is 33.4 Å². The van der Waals surface area contributed by atoms with E-state index in [1.54, 1.807) is 16.7 Å². The van der Waals surface area contributed by atoms with Gasteiger partial charge in [0.2, 0.25) is 5.88 Å². The Labute approximate surface area is 183 Å². The molecule has 0 aliphatic carbocycles. The van der Waals surface area contributed by atoms with Crippen LogP contribution in [0.5, 0.6) is 17.4 Å². The second kappa shape index (κ2) is 10.0. The molecule has 0 radical (unpaired) electrons. The van der Waals surface area contributed by atoms with Gasteiger partial charge in [-0.1, -0.05) is 42.5 Å². The van der Waals surface area contributed by atoms with Crippen LogP contribution in [0.1, 0.15) is 26.3 Å². The maximum Gasteiger partial charge on any atom is 0.317 e. The zero-order valence-corrected chi connectivity index (χ0v) is 18.8. The van der Waals surface area contributed by atoms with E-state index >= 15 is 0 Å². The number of carbonyl (C=O) groups excluding carboxylic acids is 1. The Hall–Kier alpha value is -3.48.